The molecule has 5 heteroatoms. The van der Waals surface area contributed by atoms with Crippen molar-refractivity contribution in [2.45, 2.75) is 53.6 Å². The highest BCUT2D eigenvalue weighted by molar-refractivity contribution is 4.90. The van der Waals surface area contributed by atoms with E-state index in [1.54, 1.807) is 0 Å². The zero-order valence-corrected chi connectivity index (χ0v) is 11.0. The van der Waals surface area contributed by atoms with Crippen molar-refractivity contribution >= 4 is 0 Å². The fraction of sp³-hybridized carbons (Fsp3) is 0.909. The highest BCUT2D eigenvalue weighted by Crippen LogP contribution is 2.18. The average Bonchev–Trinajstić information content (AvgIpc) is 2.59. The number of hydrogen-bond acceptors (Lipinski definition) is 4. The number of hydrogen-bond donors (Lipinski definition) is 1. The van der Waals surface area contributed by atoms with Gasteiger partial charge in [-0.2, -0.15) is 0 Å². The van der Waals surface area contributed by atoms with E-state index < -0.39 is 0 Å². The van der Waals surface area contributed by atoms with E-state index in [0.29, 0.717) is 0 Å². The highest BCUT2D eigenvalue weighted by Gasteiger charge is 2.18. The summed E-state index contributed by atoms with van der Waals surface area (Å²) < 4.78 is 1.90. The van der Waals surface area contributed by atoms with Gasteiger partial charge in [0.05, 0.1) is 6.04 Å². The Labute approximate surface area is 97.6 Å². The van der Waals surface area contributed by atoms with E-state index in [9.17, 15) is 0 Å². The van der Waals surface area contributed by atoms with Crippen molar-refractivity contribution in [3.63, 3.8) is 0 Å². The molecule has 0 aliphatic rings. The number of aromatic nitrogens is 4. The van der Waals surface area contributed by atoms with Crippen LogP contribution in [0.15, 0.2) is 0 Å². The maximum absolute atomic E-state index is 4.09. The molecule has 1 N–H and O–H groups in total. The lowest BCUT2D eigenvalue weighted by molar-refractivity contribution is 0.309. The molecule has 0 spiro atoms. The molecule has 0 bridgehead atoms. The average molecular weight is 225 g/mol. The van der Waals surface area contributed by atoms with Crippen LogP contribution < -0.4 is 5.32 Å². The molecule has 0 amide bonds. The Balaban J connectivity index is 2.69. The predicted molar refractivity (Wildman–Crippen MR) is 64.0 cm³/mol. The summed E-state index contributed by atoms with van der Waals surface area (Å²) in [6, 6.07) is 0.206. The molecule has 0 radical (unpaired) electrons. The van der Waals surface area contributed by atoms with Crippen molar-refractivity contribution in [3.8, 4) is 0 Å². The van der Waals surface area contributed by atoms with Crippen LogP contribution in [-0.4, -0.2) is 26.8 Å². The van der Waals surface area contributed by atoms with Crippen LogP contribution in [0.1, 0.15) is 52.9 Å². The number of nitrogens with one attached hydrogen (secondary N) is 1. The summed E-state index contributed by atoms with van der Waals surface area (Å²) >= 11 is 0. The van der Waals surface area contributed by atoms with Gasteiger partial charge in [0, 0.05) is 6.54 Å². The Morgan fingerprint density at radius 3 is 2.62 bits per heavy atom. The van der Waals surface area contributed by atoms with Crippen LogP contribution in [0.4, 0.5) is 0 Å². The molecule has 0 saturated heterocycles. The van der Waals surface area contributed by atoms with Gasteiger partial charge in [-0.25, -0.2) is 4.68 Å². The molecule has 1 aromatic rings. The Kier molecular flexibility index (Phi) is 4.41. The summed E-state index contributed by atoms with van der Waals surface area (Å²) in [5.74, 6) is 0.920. The lowest BCUT2D eigenvalue weighted by Gasteiger charge is -2.20. The van der Waals surface area contributed by atoms with Crippen molar-refractivity contribution in [1.29, 1.82) is 0 Å². The molecular weight excluding hydrogens is 202 g/mol. The molecule has 1 heterocycles. The van der Waals surface area contributed by atoms with Crippen molar-refractivity contribution < 1.29 is 0 Å². The SMILES string of the molecule is CCCNC(C)c1nnnn1CC(C)(C)C. The van der Waals surface area contributed by atoms with Crippen LogP contribution >= 0.6 is 0 Å². The van der Waals surface area contributed by atoms with Crippen LogP contribution in [0.3, 0.4) is 0 Å². The Morgan fingerprint density at radius 1 is 1.38 bits per heavy atom. The fourth-order valence-corrected chi connectivity index (χ4v) is 1.54. The third-order valence-corrected chi connectivity index (χ3v) is 2.27. The topological polar surface area (TPSA) is 55.6 Å². The second kappa shape index (κ2) is 5.39. The minimum absolute atomic E-state index is 0.189. The van der Waals surface area contributed by atoms with E-state index in [4.69, 9.17) is 0 Å². The Bertz CT molecular complexity index is 312. The van der Waals surface area contributed by atoms with Crippen molar-refractivity contribution in [3.05, 3.63) is 5.82 Å². The van der Waals surface area contributed by atoms with Gasteiger partial charge < -0.3 is 5.32 Å². The molecule has 0 aliphatic carbocycles. The second-order valence-electron chi connectivity index (χ2n) is 5.43. The van der Waals surface area contributed by atoms with E-state index >= 15 is 0 Å². The van der Waals surface area contributed by atoms with Crippen molar-refractivity contribution in [2.75, 3.05) is 6.54 Å². The molecule has 0 saturated carbocycles. The van der Waals surface area contributed by atoms with Crippen LogP contribution in [-0.2, 0) is 6.54 Å². The zero-order chi connectivity index (χ0) is 12.2. The lowest BCUT2D eigenvalue weighted by atomic mass is 9.97. The van der Waals surface area contributed by atoms with Gasteiger partial charge in [-0.15, -0.1) is 5.10 Å². The first-order chi connectivity index (χ1) is 7.44. The van der Waals surface area contributed by atoms with Gasteiger partial charge in [0.2, 0.25) is 0 Å². The minimum atomic E-state index is 0.189. The molecule has 0 fully saturated rings. The highest BCUT2D eigenvalue weighted by atomic mass is 15.5. The van der Waals surface area contributed by atoms with E-state index in [-0.39, 0.29) is 11.5 Å². The molecule has 92 valence electrons. The quantitative estimate of drug-likeness (QED) is 0.830. The molecule has 1 aromatic heterocycles. The van der Waals surface area contributed by atoms with Crippen molar-refractivity contribution in [1.82, 2.24) is 25.5 Å². The van der Waals surface area contributed by atoms with Crippen LogP contribution in [0.2, 0.25) is 0 Å². The van der Waals surface area contributed by atoms with Crippen LogP contribution in [0, 0.1) is 5.41 Å². The lowest BCUT2D eigenvalue weighted by Crippen LogP contribution is -2.26. The standard InChI is InChI=1S/C11H23N5/c1-6-7-12-9(2)10-13-14-15-16(10)8-11(3,4)5/h9,12H,6-8H2,1-5H3. The molecule has 1 atom stereocenters. The molecule has 0 aromatic carbocycles. The van der Waals surface area contributed by atoms with Gasteiger partial charge in [0.25, 0.3) is 0 Å². The third kappa shape index (κ3) is 3.89. The summed E-state index contributed by atoms with van der Waals surface area (Å²) in [7, 11) is 0. The van der Waals surface area contributed by atoms with Crippen molar-refractivity contribution in [2.24, 2.45) is 5.41 Å². The summed E-state index contributed by atoms with van der Waals surface area (Å²) in [6.45, 7) is 12.6. The van der Waals surface area contributed by atoms with Gasteiger partial charge in [-0.3, -0.25) is 0 Å². The van der Waals surface area contributed by atoms with Crippen LogP contribution in [0.25, 0.3) is 0 Å². The molecule has 0 aliphatic heterocycles. The third-order valence-electron chi connectivity index (χ3n) is 2.27. The maximum Gasteiger partial charge on any atom is 0.167 e. The smallest absolute Gasteiger partial charge is 0.167 e. The predicted octanol–water partition coefficient (Wildman–Crippen LogP) is 1.78. The van der Waals surface area contributed by atoms with Gasteiger partial charge >= 0.3 is 0 Å². The molecule has 1 unspecified atom stereocenters. The van der Waals surface area contributed by atoms with E-state index in [1.165, 1.54) is 0 Å². The van der Waals surface area contributed by atoms with Gasteiger partial charge in [-0.05, 0) is 35.7 Å². The molecular formula is C11H23N5. The van der Waals surface area contributed by atoms with E-state index in [2.05, 4.69) is 55.5 Å². The first kappa shape index (κ1) is 13.1. The van der Waals surface area contributed by atoms with Gasteiger partial charge in [0.15, 0.2) is 5.82 Å². The largest absolute Gasteiger partial charge is 0.307 e. The Hall–Kier alpha value is -0.970. The minimum Gasteiger partial charge on any atom is -0.307 e. The van der Waals surface area contributed by atoms with E-state index in [1.807, 2.05) is 4.68 Å². The number of tetrazole rings is 1. The fourth-order valence-electron chi connectivity index (χ4n) is 1.54. The van der Waals surface area contributed by atoms with E-state index in [0.717, 1.165) is 25.3 Å². The summed E-state index contributed by atoms with van der Waals surface area (Å²) in [4.78, 5) is 0. The first-order valence-electron chi connectivity index (χ1n) is 5.93. The molecule has 5 nitrogen and oxygen atoms in total. The normalized spacial score (nSPS) is 14.1. The maximum atomic E-state index is 4.09. The first-order valence-corrected chi connectivity index (χ1v) is 5.93. The summed E-state index contributed by atoms with van der Waals surface area (Å²) in [5, 5.41) is 15.3. The Morgan fingerprint density at radius 2 is 2.06 bits per heavy atom. The second-order valence-corrected chi connectivity index (χ2v) is 5.43. The van der Waals surface area contributed by atoms with Crippen LogP contribution in [0.5, 0.6) is 0 Å². The number of rotatable bonds is 5. The zero-order valence-electron chi connectivity index (χ0n) is 11.0. The summed E-state index contributed by atoms with van der Waals surface area (Å²) in [6.07, 6.45) is 1.12. The number of nitrogens with zero attached hydrogens (tertiary/aromatic N) is 4. The summed E-state index contributed by atoms with van der Waals surface area (Å²) in [5.41, 5.74) is 0.189. The van der Waals surface area contributed by atoms with Gasteiger partial charge in [-0.1, -0.05) is 27.7 Å². The monoisotopic (exact) mass is 225 g/mol. The molecule has 16 heavy (non-hydrogen) atoms. The van der Waals surface area contributed by atoms with Gasteiger partial charge in [0.1, 0.15) is 0 Å². The molecule has 1 rings (SSSR count).